The van der Waals surface area contributed by atoms with Gasteiger partial charge in [0.05, 0.1) is 0 Å². The monoisotopic (exact) mass is 128 g/mol. The third kappa shape index (κ3) is 1.01. The first-order chi connectivity index (χ1) is 4.22. The van der Waals surface area contributed by atoms with Gasteiger partial charge < -0.3 is 4.52 Å². The number of aromatic nitrogens is 2. The minimum atomic E-state index is -0.370. The molecule has 0 amide bonds. The van der Waals surface area contributed by atoms with Crippen molar-refractivity contribution in [1.29, 1.82) is 0 Å². The maximum atomic E-state index is 10.6. The van der Waals surface area contributed by atoms with Crippen molar-refractivity contribution in [2.75, 3.05) is 0 Å². The zero-order chi connectivity index (χ0) is 6.85. The van der Waals surface area contributed by atoms with Crippen molar-refractivity contribution in [3.8, 4) is 0 Å². The van der Waals surface area contributed by atoms with Gasteiger partial charge >= 0.3 is 5.63 Å². The molecule has 0 saturated carbocycles. The Morgan fingerprint density at radius 1 is 1.67 bits per heavy atom. The molecule has 50 valence electrons. The van der Waals surface area contributed by atoms with Gasteiger partial charge in [0.2, 0.25) is 0 Å². The van der Waals surface area contributed by atoms with E-state index in [2.05, 4.69) is 14.9 Å². The van der Waals surface area contributed by atoms with Crippen LogP contribution in [0.4, 0.5) is 0 Å². The molecule has 0 radical (unpaired) electrons. The van der Waals surface area contributed by atoms with Crippen molar-refractivity contribution in [2.45, 2.75) is 19.8 Å². The molecule has 0 aliphatic carbocycles. The predicted molar refractivity (Wildman–Crippen MR) is 31.2 cm³/mol. The molecule has 0 fully saturated rings. The zero-order valence-corrected chi connectivity index (χ0v) is 5.34. The van der Waals surface area contributed by atoms with E-state index in [0.29, 0.717) is 5.69 Å². The second-order valence-electron chi connectivity index (χ2n) is 2.13. The van der Waals surface area contributed by atoms with Gasteiger partial charge in [-0.3, -0.25) is 0 Å². The molecular formula is C5H8N2O2. The summed E-state index contributed by atoms with van der Waals surface area (Å²) >= 11 is 0. The minimum absolute atomic E-state index is 0.132. The standard InChI is InChI=1S/C5H8N2O2/c1-3(2)4-5(8)9-7-6-4/h3,7H,1-2H3. The molecule has 0 bridgehead atoms. The van der Waals surface area contributed by atoms with E-state index in [0.717, 1.165) is 0 Å². The maximum absolute atomic E-state index is 10.6. The molecule has 1 rings (SSSR count). The van der Waals surface area contributed by atoms with E-state index in [-0.39, 0.29) is 11.5 Å². The Balaban J connectivity index is 3.08. The predicted octanol–water partition coefficient (Wildman–Crippen LogP) is 0.486. The summed E-state index contributed by atoms with van der Waals surface area (Å²) in [5, 5.41) is 5.75. The average molecular weight is 128 g/mol. The molecular weight excluding hydrogens is 120 g/mol. The van der Waals surface area contributed by atoms with Crippen LogP contribution in [0.3, 0.4) is 0 Å². The molecule has 0 spiro atoms. The van der Waals surface area contributed by atoms with Crippen molar-refractivity contribution >= 4 is 0 Å². The Morgan fingerprint density at radius 3 is 2.56 bits per heavy atom. The molecule has 0 aliphatic heterocycles. The molecule has 1 heterocycles. The highest BCUT2D eigenvalue weighted by Crippen LogP contribution is 2.03. The Kier molecular flexibility index (Phi) is 1.38. The summed E-state index contributed by atoms with van der Waals surface area (Å²) in [6.07, 6.45) is 0. The van der Waals surface area contributed by atoms with Crippen LogP contribution in [0.2, 0.25) is 0 Å². The maximum Gasteiger partial charge on any atom is 0.381 e. The van der Waals surface area contributed by atoms with E-state index in [1.165, 1.54) is 0 Å². The second kappa shape index (κ2) is 2.05. The van der Waals surface area contributed by atoms with Crippen molar-refractivity contribution in [1.82, 2.24) is 10.4 Å². The third-order valence-electron chi connectivity index (χ3n) is 1.06. The van der Waals surface area contributed by atoms with E-state index in [9.17, 15) is 4.79 Å². The van der Waals surface area contributed by atoms with Crippen LogP contribution in [-0.2, 0) is 0 Å². The number of hydrogen-bond donors (Lipinski definition) is 1. The number of aromatic amines is 1. The average Bonchev–Trinajstić information content (AvgIpc) is 2.13. The second-order valence-corrected chi connectivity index (χ2v) is 2.13. The lowest BCUT2D eigenvalue weighted by atomic mass is 10.2. The molecule has 1 aromatic rings. The zero-order valence-electron chi connectivity index (χ0n) is 5.34. The summed E-state index contributed by atoms with van der Waals surface area (Å²) in [6.45, 7) is 3.76. The van der Waals surface area contributed by atoms with E-state index >= 15 is 0 Å². The lowest BCUT2D eigenvalue weighted by molar-refractivity contribution is 0.368. The number of nitrogens with one attached hydrogen (secondary N) is 1. The van der Waals surface area contributed by atoms with Crippen LogP contribution in [0.25, 0.3) is 0 Å². The van der Waals surface area contributed by atoms with E-state index < -0.39 is 0 Å². The summed E-state index contributed by atoms with van der Waals surface area (Å²) in [5.74, 6) is 0.132. The fourth-order valence-corrected chi connectivity index (χ4v) is 0.576. The smallest absolute Gasteiger partial charge is 0.320 e. The lowest BCUT2D eigenvalue weighted by Gasteiger charge is -1.90. The Bertz CT molecular complexity index is 235. The SMILES string of the molecule is CC(C)c1n[nH]oc1=O. The first-order valence-electron chi connectivity index (χ1n) is 2.75. The fourth-order valence-electron chi connectivity index (χ4n) is 0.576. The Hall–Kier alpha value is -1.06. The third-order valence-corrected chi connectivity index (χ3v) is 1.06. The van der Waals surface area contributed by atoms with Crippen LogP contribution < -0.4 is 5.63 Å². The van der Waals surface area contributed by atoms with Crippen LogP contribution in [-0.4, -0.2) is 10.4 Å². The topological polar surface area (TPSA) is 58.9 Å². The van der Waals surface area contributed by atoms with Gasteiger partial charge in [-0.15, -0.1) is 10.4 Å². The van der Waals surface area contributed by atoms with Crippen molar-refractivity contribution in [3.63, 3.8) is 0 Å². The Labute approximate surface area is 51.8 Å². The summed E-state index contributed by atoms with van der Waals surface area (Å²) < 4.78 is 4.33. The van der Waals surface area contributed by atoms with Crippen LogP contribution in [0, 0.1) is 0 Å². The fraction of sp³-hybridized carbons (Fsp3) is 0.600. The highest BCUT2D eigenvalue weighted by atomic mass is 16.5. The van der Waals surface area contributed by atoms with Crippen molar-refractivity contribution < 1.29 is 4.52 Å². The first-order valence-corrected chi connectivity index (χ1v) is 2.75. The van der Waals surface area contributed by atoms with Crippen LogP contribution in [0.5, 0.6) is 0 Å². The van der Waals surface area contributed by atoms with Gasteiger partial charge in [0, 0.05) is 5.92 Å². The molecule has 0 unspecified atom stereocenters. The normalized spacial score (nSPS) is 10.6. The number of hydrogen-bond acceptors (Lipinski definition) is 3. The summed E-state index contributed by atoms with van der Waals surface area (Å²) in [5.41, 5.74) is 0.0833. The molecule has 0 aromatic carbocycles. The van der Waals surface area contributed by atoms with Gasteiger partial charge in [0.15, 0.2) is 5.69 Å². The van der Waals surface area contributed by atoms with Gasteiger partial charge in [-0.2, -0.15) is 0 Å². The van der Waals surface area contributed by atoms with E-state index in [4.69, 9.17) is 0 Å². The molecule has 4 nitrogen and oxygen atoms in total. The summed E-state index contributed by atoms with van der Waals surface area (Å²) in [6, 6.07) is 0. The molecule has 1 aromatic heterocycles. The molecule has 0 saturated heterocycles. The quantitative estimate of drug-likeness (QED) is 0.598. The molecule has 0 atom stereocenters. The van der Waals surface area contributed by atoms with Crippen molar-refractivity contribution in [3.05, 3.63) is 16.1 Å². The van der Waals surface area contributed by atoms with Gasteiger partial charge in [0.25, 0.3) is 0 Å². The van der Waals surface area contributed by atoms with Gasteiger partial charge in [-0.1, -0.05) is 13.8 Å². The minimum Gasteiger partial charge on any atom is -0.320 e. The van der Waals surface area contributed by atoms with Gasteiger partial charge in [0.1, 0.15) is 0 Å². The largest absolute Gasteiger partial charge is 0.381 e. The molecule has 1 N–H and O–H groups in total. The number of rotatable bonds is 1. The van der Waals surface area contributed by atoms with Gasteiger partial charge in [-0.05, 0) is 0 Å². The highest BCUT2D eigenvalue weighted by Gasteiger charge is 2.07. The van der Waals surface area contributed by atoms with Crippen LogP contribution >= 0.6 is 0 Å². The number of nitrogens with zero attached hydrogens (tertiary/aromatic N) is 1. The first kappa shape index (κ1) is 6.07. The molecule has 4 heteroatoms. The Morgan fingerprint density at radius 2 is 2.33 bits per heavy atom. The van der Waals surface area contributed by atoms with Crippen LogP contribution in [0.15, 0.2) is 9.32 Å². The lowest BCUT2D eigenvalue weighted by Crippen LogP contribution is -2.03. The van der Waals surface area contributed by atoms with Crippen LogP contribution in [0.1, 0.15) is 25.5 Å². The van der Waals surface area contributed by atoms with E-state index in [1.54, 1.807) is 0 Å². The molecule has 0 aliphatic rings. The number of H-pyrrole nitrogens is 1. The summed E-state index contributed by atoms with van der Waals surface area (Å²) in [4.78, 5) is 10.6. The molecule has 9 heavy (non-hydrogen) atoms. The summed E-state index contributed by atoms with van der Waals surface area (Å²) in [7, 11) is 0. The highest BCUT2D eigenvalue weighted by molar-refractivity contribution is 4.95. The van der Waals surface area contributed by atoms with Gasteiger partial charge in [-0.25, -0.2) is 4.79 Å². The van der Waals surface area contributed by atoms with Crippen molar-refractivity contribution in [2.24, 2.45) is 0 Å². The van der Waals surface area contributed by atoms with E-state index in [1.807, 2.05) is 13.8 Å².